The van der Waals surface area contributed by atoms with Gasteiger partial charge in [0, 0.05) is 30.9 Å². The fourth-order valence-electron chi connectivity index (χ4n) is 3.87. The summed E-state index contributed by atoms with van der Waals surface area (Å²) in [4.78, 5) is 2.66. The summed E-state index contributed by atoms with van der Waals surface area (Å²) in [6.45, 7) is 5.73. The van der Waals surface area contributed by atoms with E-state index in [0.717, 1.165) is 6.54 Å². The zero-order valence-electron chi connectivity index (χ0n) is 12.8. The molecular weight excluding hydrogens is 244 g/mol. The van der Waals surface area contributed by atoms with Crippen LogP contribution in [0, 0.1) is 0 Å². The standard InChI is InChI=1S/C18H28N2/c1-2-3-13-20-15-18(11-7-4-8-12-18)19-14-16-9-5-6-10-17(16)20/h5-6,9-10,19H,2-4,7-8,11-15H2,1H3. The molecule has 1 aliphatic carbocycles. The maximum Gasteiger partial charge on any atom is 0.0412 e. The van der Waals surface area contributed by atoms with E-state index in [1.165, 1.54) is 69.3 Å². The van der Waals surface area contributed by atoms with Crippen LogP contribution in [0.5, 0.6) is 0 Å². The van der Waals surface area contributed by atoms with Gasteiger partial charge in [0.05, 0.1) is 0 Å². The van der Waals surface area contributed by atoms with E-state index in [0.29, 0.717) is 5.54 Å². The first-order valence-electron chi connectivity index (χ1n) is 8.41. The van der Waals surface area contributed by atoms with E-state index in [1.807, 2.05) is 0 Å². The van der Waals surface area contributed by atoms with Gasteiger partial charge in [-0.3, -0.25) is 0 Å². The molecule has 2 aliphatic rings. The van der Waals surface area contributed by atoms with Gasteiger partial charge in [-0.25, -0.2) is 0 Å². The fourth-order valence-corrected chi connectivity index (χ4v) is 3.87. The van der Waals surface area contributed by atoms with Crippen molar-refractivity contribution in [3.05, 3.63) is 29.8 Å². The summed E-state index contributed by atoms with van der Waals surface area (Å²) < 4.78 is 0. The lowest BCUT2D eigenvalue weighted by Crippen LogP contribution is -2.53. The zero-order chi connectivity index (χ0) is 13.8. The number of hydrogen-bond acceptors (Lipinski definition) is 2. The Balaban J connectivity index is 1.86. The molecule has 1 aromatic carbocycles. The molecule has 0 amide bonds. The maximum atomic E-state index is 3.92. The molecule has 0 radical (unpaired) electrons. The van der Waals surface area contributed by atoms with Crippen molar-refractivity contribution in [3.63, 3.8) is 0 Å². The van der Waals surface area contributed by atoms with Crippen LogP contribution >= 0.6 is 0 Å². The van der Waals surface area contributed by atoms with Gasteiger partial charge in [-0.1, -0.05) is 50.8 Å². The average molecular weight is 272 g/mol. The van der Waals surface area contributed by atoms with E-state index >= 15 is 0 Å². The minimum absolute atomic E-state index is 0.366. The predicted octanol–water partition coefficient (Wildman–Crippen LogP) is 4.10. The van der Waals surface area contributed by atoms with Crippen molar-refractivity contribution in [1.82, 2.24) is 5.32 Å². The summed E-state index contributed by atoms with van der Waals surface area (Å²) in [5.41, 5.74) is 3.31. The molecule has 1 aromatic rings. The third-order valence-corrected chi connectivity index (χ3v) is 5.07. The highest BCUT2D eigenvalue weighted by Gasteiger charge is 2.35. The monoisotopic (exact) mass is 272 g/mol. The topological polar surface area (TPSA) is 15.3 Å². The number of para-hydroxylation sites is 1. The lowest BCUT2D eigenvalue weighted by molar-refractivity contribution is 0.236. The summed E-state index contributed by atoms with van der Waals surface area (Å²) in [7, 11) is 0. The molecule has 1 N–H and O–H groups in total. The summed E-state index contributed by atoms with van der Waals surface area (Å²) in [5.74, 6) is 0. The quantitative estimate of drug-likeness (QED) is 0.891. The largest absolute Gasteiger partial charge is 0.369 e. The van der Waals surface area contributed by atoms with Crippen molar-refractivity contribution < 1.29 is 0 Å². The molecule has 0 atom stereocenters. The molecule has 1 fully saturated rings. The number of nitrogens with zero attached hydrogens (tertiary/aromatic N) is 1. The van der Waals surface area contributed by atoms with Crippen molar-refractivity contribution in [1.29, 1.82) is 0 Å². The van der Waals surface area contributed by atoms with Crippen LogP contribution in [0.1, 0.15) is 57.4 Å². The number of unbranched alkanes of at least 4 members (excludes halogenated alkanes) is 1. The van der Waals surface area contributed by atoms with Crippen LogP contribution in [0.15, 0.2) is 24.3 Å². The number of fused-ring (bicyclic) bond motifs is 1. The highest BCUT2D eigenvalue weighted by Crippen LogP contribution is 2.34. The zero-order valence-corrected chi connectivity index (χ0v) is 12.8. The van der Waals surface area contributed by atoms with Crippen LogP contribution in [-0.4, -0.2) is 18.6 Å². The molecule has 3 rings (SSSR count). The Kier molecular flexibility index (Phi) is 4.30. The minimum Gasteiger partial charge on any atom is -0.369 e. The van der Waals surface area contributed by atoms with Crippen LogP contribution in [0.2, 0.25) is 0 Å². The van der Waals surface area contributed by atoms with Gasteiger partial charge in [-0.15, -0.1) is 0 Å². The first kappa shape index (κ1) is 13.9. The summed E-state index contributed by atoms with van der Waals surface area (Å²) in [6.07, 6.45) is 9.48. The molecule has 0 bridgehead atoms. The second kappa shape index (κ2) is 6.17. The first-order chi connectivity index (χ1) is 9.83. The van der Waals surface area contributed by atoms with Gasteiger partial charge in [0.2, 0.25) is 0 Å². The van der Waals surface area contributed by atoms with E-state index in [2.05, 4.69) is 41.4 Å². The Morgan fingerprint density at radius 3 is 2.75 bits per heavy atom. The number of benzene rings is 1. The molecule has 0 aromatic heterocycles. The van der Waals surface area contributed by atoms with Gasteiger partial charge in [0.15, 0.2) is 0 Å². The molecule has 0 unspecified atom stereocenters. The van der Waals surface area contributed by atoms with Crippen LogP contribution in [0.25, 0.3) is 0 Å². The second-order valence-electron chi connectivity index (χ2n) is 6.60. The Hall–Kier alpha value is -1.02. The lowest BCUT2D eigenvalue weighted by atomic mass is 9.81. The van der Waals surface area contributed by atoms with E-state index in [1.54, 1.807) is 0 Å². The Bertz CT molecular complexity index is 435. The van der Waals surface area contributed by atoms with Crippen LogP contribution in [0.3, 0.4) is 0 Å². The van der Waals surface area contributed by atoms with Crippen molar-refractivity contribution >= 4 is 5.69 Å². The van der Waals surface area contributed by atoms with Gasteiger partial charge in [-0.05, 0) is 30.9 Å². The van der Waals surface area contributed by atoms with Crippen LogP contribution in [0.4, 0.5) is 5.69 Å². The van der Waals surface area contributed by atoms with Crippen molar-refractivity contribution in [2.45, 2.75) is 64.0 Å². The molecule has 1 heterocycles. The fraction of sp³-hybridized carbons (Fsp3) is 0.667. The van der Waals surface area contributed by atoms with Gasteiger partial charge < -0.3 is 10.2 Å². The molecule has 1 spiro atoms. The van der Waals surface area contributed by atoms with E-state index in [4.69, 9.17) is 0 Å². The summed E-state index contributed by atoms with van der Waals surface area (Å²) >= 11 is 0. The summed E-state index contributed by atoms with van der Waals surface area (Å²) in [6, 6.07) is 8.98. The normalized spacial score (nSPS) is 21.6. The molecule has 1 saturated carbocycles. The molecule has 2 heteroatoms. The highest BCUT2D eigenvalue weighted by molar-refractivity contribution is 5.55. The molecule has 0 saturated heterocycles. The number of hydrogen-bond donors (Lipinski definition) is 1. The molecule has 110 valence electrons. The van der Waals surface area contributed by atoms with Crippen LogP contribution < -0.4 is 10.2 Å². The summed E-state index contributed by atoms with van der Waals surface area (Å²) in [5, 5.41) is 3.92. The highest BCUT2D eigenvalue weighted by atomic mass is 15.2. The predicted molar refractivity (Wildman–Crippen MR) is 86.2 cm³/mol. The Labute approximate surface area is 123 Å². The second-order valence-corrected chi connectivity index (χ2v) is 6.60. The maximum absolute atomic E-state index is 3.92. The average Bonchev–Trinajstić information content (AvgIpc) is 2.64. The molecular formula is C18H28N2. The smallest absolute Gasteiger partial charge is 0.0412 e. The molecule has 20 heavy (non-hydrogen) atoms. The van der Waals surface area contributed by atoms with Crippen LogP contribution in [-0.2, 0) is 6.54 Å². The molecule has 2 nitrogen and oxygen atoms in total. The van der Waals surface area contributed by atoms with E-state index in [-0.39, 0.29) is 0 Å². The third kappa shape index (κ3) is 2.85. The van der Waals surface area contributed by atoms with Gasteiger partial charge in [0.1, 0.15) is 0 Å². The number of rotatable bonds is 3. The van der Waals surface area contributed by atoms with Gasteiger partial charge in [-0.2, -0.15) is 0 Å². The van der Waals surface area contributed by atoms with E-state index < -0.39 is 0 Å². The Morgan fingerprint density at radius 1 is 1.15 bits per heavy atom. The Morgan fingerprint density at radius 2 is 1.95 bits per heavy atom. The number of anilines is 1. The third-order valence-electron chi connectivity index (χ3n) is 5.07. The van der Waals surface area contributed by atoms with Crippen molar-refractivity contribution in [2.75, 3.05) is 18.0 Å². The number of nitrogens with one attached hydrogen (secondary N) is 1. The van der Waals surface area contributed by atoms with Crippen molar-refractivity contribution in [3.8, 4) is 0 Å². The van der Waals surface area contributed by atoms with Gasteiger partial charge >= 0.3 is 0 Å². The lowest BCUT2D eigenvalue weighted by Gasteiger charge is -2.40. The van der Waals surface area contributed by atoms with Gasteiger partial charge in [0.25, 0.3) is 0 Å². The molecule has 1 aliphatic heterocycles. The van der Waals surface area contributed by atoms with E-state index in [9.17, 15) is 0 Å². The first-order valence-corrected chi connectivity index (χ1v) is 8.41. The SMILES string of the molecule is CCCCN1CC2(CCCCC2)NCc2ccccc21. The van der Waals surface area contributed by atoms with Crippen molar-refractivity contribution in [2.24, 2.45) is 0 Å². The minimum atomic E-state index is 0.366.